The first kappa shape index (κ1) is 62.4. The van der Waals surface area contributed by atoms with Gasteiger partial charge in [0.25, 0.3) is 17.7 Å². The lowest BCUT2D eigenvalue weighted by molar-refractivity contribution is -0.130. The summed E-state index contributed by atoms with van der Waals surface area (Å²) < 4.78 is 12.7. The average molecular weight is 1120 g/mol. The Labute approximate surface area is 479 Å². The Bertz CT molecular complexity index is 2880. The van der Waals surface area contributed by atoms with Crippen LogP contribution in [0.3, 0.4) is 0 Å². The van der Waals surface area contributed by atoms with Gasteiger partial charge in [0.05, 0.1) is 46.9 Å². The number of pyridine rings is 6. The summed E-state index contributed by atoms with van der Waals surface area (Å²) in [7, 11) is 5.30. The second kappa shape index (κ2) is 30.1. The number of rotatable bonds is 13. The largest absolute Gasteiger partial charge is 0.363 e. The molecule has 0 radical (unpaired) electrons. The molecule has 0 aliphatic carbocycles. The van der Waals surface area contributed by atoms with Gasteiger partial charge in [-0.05, 0) is 111 Å². The van der Waals surface area contributed by atoms with Crippen molar-refractivity contribution in [3.8, 4) is 0 Å². The zero-order valence-electron chi connectivity index (χ0n) is 48.2. The number of carbonyl (C=O) groups excluding carboxylic acids is 6. The van der Waals surface area contributed by atoms with E-state index in [4.69, 9.17) is 5.73 Å². The fraction of sp³-hybridized carbons (Fsp3) is 0.400. The van der Waals surface area contributed by atoms with Crippen LogP contribution in [-0.4, -0.2) is 173 Å². The van der Waals surface area contributed by atoms with Crippen molar-refractivity contribution in [3.05, 3.63) is 168 Å². The van der Waals surface area contributed by atoms with Gasteiger partial charge in [-0.3, -0.25) is 43.7 Å². The number of hydrogen-bond donors (Lipinski definition) is 3. The van der Waals surface area contributed by atoms with E-state index in [1.165, 1.54) is 25.3 Å². The summed E-state index contributed by atoms with van der Waals surface area (Å²) in [6, 6.07) is 21.9. The van der Waals surface area contributed by atoms with E-state index in [1.807, 2.05) is 81.7 Å². The topological polar surface area (TPSA) is 249 Å². The van der Waals surface area contributed by atoms with Crippen LogP contribution in [-0.2, 0) is 14.4 Å². The van der Waals surface area contributed by atoms with E-state index in [1.54, 1.807) is 114 Å². The van der Waals surface area contributed by atoms with Crippen molar-refractivity contribution in [2.45, 2.75) is 97.1 Å². The molecule has 0 bridgehead atoms. The van der Waals surface area contributed by atoms with Gasteiger partial charge in [-0.25, -0.2) is 15.0 Å². The normalized spacial score (nSPS) is 17.2. The van der Waals surface area contributed by atoms with Crippen molar-refractivity contribution >= 4 is 47.1 Å². The highest BCUT2D eigenvalue weighted by atomic mass is 19.1. The molecular formula is C60H76FN15O6. The fourth-order valence-electron chi connectivity index (χ4n) is 9.28. The molecule has 434 valence electrons. The molecule has 82 heavy (non-hydrogen) atoms. The van der Waals surface area contributed by atoms with Crippen LogP contribution in [0.2, 0.25) is 0 Å². The summed E-state index contributed by atoms with van der Waals surface area (Å²) in [5.74, 6) is 0.574. The third kappa shape index (κ3) is 17.9. The van der Waals surface area contributed by atoms with Crippen molar-refractivity contribution < 1.29 is 33.2 Å². The van der Waals surface area contributed by atoms with E-state index in [0.717, 1.165) is 36.0 Å². The van der Waals surface area contributed by atoms with E-state index in [9.17, 15) is 33.2 Å². The van der Waals surface area contributed by atoms with Gasteiger partial charge >= 0.3 is 0 Å². The summed E-state index contributed by atoms with van der Waals surface area (Å²) in [6.07, 6.45) is 17.4. The highest BCUT2D eigenvalue weighted by Crippen LogP contribution is 2.23. The molecule has 0 aromatic carbocycles. The van der Waals surface area contributed by atoms with Crippen molar-refractivity contribution in [3.63, 3.8) is 0 Å². The molecule has 6 atom stereocenters. The Morgan fingerprint density at radius 1 is 0.500 bits per heavy atom. The zero-order valence-corrected chi connectivity index (χ0v) is 48.2. The predicted molar refractivity (Wildman–Crippen MR) is 310 cm³/mol. The van der Waals surface area contributed by atoms with Crippen molar-refractivity contribution in [1.82, 2.24) is 59.3 Å². The number of nitrogens with two attached hydrogens (primary N) is 1. The minimum atomic E-state index is -0.604. The first-order valence-corrected chi connectivity index (χ1v) is 27.3. The Kier molecular flexibility index (Phi) is 22.9. The number of amides is 6. The number of nitrogens with one attached hydrogen (secondary N) is 2. The van der Waals surface area contributed by atoms with Gasteiger partial charge in [0.2, 0.25) is 23.7 Å². The third-order valence-electron chi connectivity index (χ3n) is 14.8. The Morgan fingerprint density at radius 2 is 0.829 bits per heavy atom. The number of likely N-dealkylation sites (N-methyl/N-ethyl adjacent to an activating group) is 3. The van der Waals surface area contributed by atoms with Gasteiger partial charge in [0.1, 0.15) is 11.6 Å². The van der Waals surface area contributed by atoms with E-state index in [0.29, 0.717) is 67.6 Å². The smallest absolute Gasteiger partial charge is 0.255 e. The van der Waals surface area contributed by atoms with Crippen LogP contribution in [0.5, 0.6) is 0 Å². The highest BCUT2D eigenvalue weighted by molar-refractivity contribution is 5.95. The van der Waals surface area contributed by atoms with E-state index < -0.39 is 5.95 Å². The van der Waals surface area contributed by atoms with Gasteiger partial charge in [-0.15, -0.1) is 0 Å². The molecule has 4 N–H and O–H groups in total. The van der Waals surface area contributed by atoms with Gasteiger partial charge in [0.15, 0.2) is 0 Å². The molecule has 0 saturated carbocycles. The summed E-state index contributed by atoms with van der Waals surface area (Å²) in [4.78, 5) is 107. The first-order chi connectivity index (χ1) is 39.2. The average Bonchev–Trinajstić information content (AvgIpc) is 4.46. The maximum absolute atomic E-state index is 12.7. The van der Waals surface area contributed by atoms with Crippen molar-refractivity contribution in [2.75, 3.05) is 71.0 Å². The third-order valence-corrected chi connectivity index (χ3v) is 14.8. The first-order valence-electron chi connectivity index (χ1n) is 27.3. The maximum Gasteiger partial charge on any atom is 0.255 e. The number of hydrogen-bond acceptors (Lipinski definition) is 15. The van der Waals surface area contributed by atoms with Crippen LogP contribution in [0, 0.1) is 5.95 Å². The summed E-state index contributed by atoms with van der Waals surface area (Å²) in [5, 5.41) is 6.62. The highest BCUT2D eigenvalue weighted by Gasteiger charge is 2.33. The minimum absolute atomic E-state index is 0.0113. The van der Waals surface area contributed by atoms with Gasteiger partial charge in [-0.2, -0.15) is 4.39 Å². The molecule has 3 aliphatic heterocycles. The summed E-state index contributed by atoms with van der Waals surface area (Å²) >= 11 is 0. The number of carbonyl (C=O) groups is 6. The maximum atomic E-state index is 12.7. The number of nitrogens with zero attached hydrogens (tertiary/aromatic N) is 12. The quantitative estimate of drug-likeness (QED) is 0.102. The molecule has 6 aromatic rings. The van der Waals surface area contributed by atoms with Crippen molar-refractivity contribution in [1.29, 1.82) is 0 Å². The number of likely N-dealkylation sites (tertiary alicyclic amines) is 3. The number of anilines is 2. The van der Waals surface area contributed by atoms with Crippen LogP contribution in [0.15, 0.2) is 129 Å². The molecule has 6 aromatic heterocycles. The number of aromatic nitrogens is 6. The lowest BCUT2D eigenvalue weighted by Crippen LogP contribution is -2.38. The second-order valence-corrected chi connectivity index (χ2v) is 20.6. The van der Waals surface area contributed by atoms with Crippen LogP contribution in [0.1, 0.15) is 127 Å². The predicted octanol–water partition coefficient (Wildman–Crippen LogP) is 6.70. The van der Waals surface area contributed by atoms with Crippen LogP contribution >= 0.6 is 0 Å². The molecule has 9 heterocycles. The van der Waals surface area contributed by atoms with E-state index >= 15 is 0 Å². The molecule has 3 unspecified atom stereocenters. The molecular weight excluding hydrogens is 1050 g/mol. The molecule has 9 rings (SSSR count). The Morgan fingerprint density at radius 3 is 1.09 bits per heavy atom. The Hall–Kier alpha value is -8.79. The molecule has 0 spiro atoms. The molecule has 22 heteroatoms. The molecule has 6 amide bonds. The standard InChI is InChI=1S/2C20H25N5O2.C13H16FN3O2.C7H10N2/c2*1-14(16-5-4-9-21-11-16)23-19-7-6-17(12-22-19)20(27)25-10-8-18(13-25)24(3)15(2)26;1-9(18)16(2)11-5-6-17(8-11)13(19)10-3-4-12(14)15-7-10;1-6(8)7-3-2-4-9-5-7/h2*4-7,9,11-12,14,18H,8,10,13H2,1-3H3,(H,22,23);3-4,7,11H,5-6,8H2,1-2H3;2-6H,8H2,1H3/t2*14?,18-;11-;/m000./s1. The lowest BCUT2D eigenvalue weighted by Gasteiger charge is -2.23. The van der Waals surface area contributed by atoms with E-state index in [-0.39, 0.29) is 71.7 Å². The molecule has 3 saturated heterocycles. The van der Waals surface area contributed by atoms with Gasteiger partial charge in [-0.1, -0.05) is 18.2 Å². The van der Waals surface area contributed by atoms with Crippen LogP contribution < -0.4 is 16.4 Å². The zero-order chi connectivity index (χ0) is 59.5. The van der Waals surface area contributed by atoms with Gasteiger partial charge < -0.3 is 45.8 Å². The minimum Gasteiger partial charge on any atom is -0.363 e. The monoisotopic (exact) mass is 1120 g/mol. The molecule has 3 aliphatic rings. The van der Waals surface area contributed by atoms with Crippen LogP contribution in [0.4, 0.5) is 16.0 Å². The van der Waals surface area contributed by atoms with Crippen molar-refractivity contribution in [2.24, 2.45) is 5.73 Å². The summed E-state index contributed by atoms with van der Waals surface area (Å²) in [5.41, 5.74) is 10.3. The summed E-state index contributed by atoms with van der Waals surface area (Å²) in [6.45, 7) is 14.1. The SMILES string of the molecule is CC(=O)N(C)[C@H]1CCN(C(=O)c2ccc(F)nc2)C1.CC(=O)N(C)[C@H]1CCN(C(=O)c2ccc(NC(C)c3cccnc3)nc2)C1.CC(=O)N(C)[C@H]1CCN(C(=O)c2ccc(NC(C)c3cccnc3)nc2)C1.CC(N)c1cccnc1. The fourth-order valence-corrected chi connectivity index (χ4v) is 9.28. The lowest BCUT2D eigenvalue weighted by atomic mass is 10.1. The van der Waals surface area contributed by atoms with Crippen LogP contribution in [0.25, 0.3) is 0 Å². The van der Waals surface area contributed by atoms with Gasteiger partial charge in [0, 0.05) is 143 Å². The number of halogens is 1. The van der Waals surface area contributed by atoms with E-state index in [2.05, 4.69) is 40.5 Å². The Balaban J connectivity index is 0.000000186. The second-order valence-electron chi connectivity index (χ2n) is 20.6. The molecule has 3 fully saturated rings. The molecule has 21 nitrogen and oxygen atoms in total.